The first-order valence-corrected chi connectivity index (χ1v) is 11.4. The molecule has 1 heterocycles. The Morgan fingerprint density at radius 1 is 0.686 bits per heavy atom. The minimum atomic E-state index is -0.502. The summed E-state index contributed by atoms with van der Waals surface area (Å²) in [6, 6.07) is 22.4. The van der Waals surface area contributed by atoms with E-state index in [0.717, 1.165) is 17.4 Å². The largest absolute Gasteiger partial charge is 0.323 e. The van der Waals surface area contributed by atoms with Crippen LogP contribution in [0.2, 0.25) is 0 Å². The van der Waals surface area contributed by atoms with Gasteiger partial charge in [-0.15, -0.1) is 11.3 Å². The minimum absolute atomic E-state index is 0.188. The van der Waals surface area contributed by atoms with Crippen LogP contribution in [0.4, 0.5) is 31.2 Å². The summed E-state index contributed by atoms with van der Waals surface area (Å²) in [5, 5.41) is 11.4. The summed E-state index contributed by atoms with van der Waals surface area (Å²) in [6.45, 7) is 1.77. The van der Waals surface area contributed by atoms with Crippen molar-refractivity contribution in [2.75, 3.05) is 21.3 Å². The Kier molecular flexibility index (Phi) is 7.18. The molecule has 35 heavy (non-hydrogen) atoms. The van der Waals surface area contributed by atoms with Gasteiger partial charge in [0.15, 0.2) is 0 Å². The number of benzene rings is 3. The Balaban J connectivity index is 1.35. The molecule has 1 aromatic heterocycles. The average molecular weight is 489 g/mol. The average Bonchev–Trinajstić information content (AvgIpc) is 3.21. The van der Waals surface area contributed by atoms with Crippen LogP contribution in [0.15, 0.2) is 84.9 Å². The number of carbonyl (C=O) groups excluding carboxylic acids is 3. The highest BCUT2D eigenvalue weighted by molar-refractivity contribution is 7.18. The topological polar surface area (TPSA) is 99.3 Å². The molecular formula is C26H21FN4O3S. The molecular weight excluding hydrogens is 467 g/mol. The predicted octanol–water partition coefficient (Wildman–Crippen LogP) is 6.34. The first-order valence-electron chi connectivity index (χ1n) is 10.6. The molecule has 4 aromatic rings. The molecule has 4 amide bonds. The highest BCUT2D eigenvalue weighted by Crippen LogP contribution is 2.28. The van der Waals surface area contributed by atoms with E-state index in [4.69, 9.17) is 0 Å². The number of carbonyl (C=O) groups is 3. The maximum atomic E-state index is 13.4. The molecule has 4 N–H and O–H groups in total. The van der Waals surface area contributed by atoms with Crippen LogP contribution in [0.25, 0.3) is 0 Å². The lowest BCUT2D eigenvalue weighted by atomic mass is 10.2. The number of para-hydroxylation sites is 1. The summed E-state index contributed by atoms with van der Waals surface area (Å²) in [5.74, 6) is -1.29. The zero-order valence-electron chi connectivity index (χ0n) is 18.6. The van der Waals surface area contributed by atoms with E-state index in [9.17, 15) is 18.8 Å². The van der Waals surface area contributed by atoms with Crippen molar-refractivity contribution < 1.29 is 18.8 Å². The smallest absolute Gasteiger partial charge is 0.321 e. The number of nitrogens with one attached hydrogen (secondary N) is 4. The molecule has 0 aliphatic rings. The lowest BCUT2D eigenvalue weighted by molar-refractivity contribution is 0.101. The number of rotatable bonds is 6. The first-order chi connectivity index (χ1) is 16.9. The van der Waals surface area contributed by atoms with E-state index < -0.39 is 11.7 Å². The van der Waals surface area contributed by atoms with Crippen LogP contribution in [0.3, 0.4) is 0 Å². The molecule has 0 spiro atoms. The number of urea groups is 1. The fraction of sp³-hybridized carbons (Fsp3) is 0.0385. The third-order valence-corrected chi connectivity index (χ3v) is 6.03. The van der Waals surface area contributed by atoms with E-state index in [1.807, 2.05) is 18.2 Å². The number of amides is 4. The number of hydrogen-bond acceptors (Lipinski definition) is 4. The summed E-state index contributed by atoms with van der Waals surface area (Å²) in [6.07, 6.45) is 0. The number of thiophene rings is 1. The van der Waals surface area contributed by atoms with Crippen LogP contribution in [0.1, 0.15) is 25.6 Å². The molecule has 3 aromatic carbocycles. The zero-order valence-corrected chi connectivity index (χ0v) is 19.4. The molecule has 4 rings (SSSR count). The molecule has 0 aliphatic heterocycles. The quantitative estimate of drug-likeness (QED) is 0.255. The molecule has 0 fully saturated rings. The van der Waals surface area contributed by atoms with E-state index in [2.05, 4.69) is 21.3 Å². The first kappa shape index (κ1) is 23.7. The number of hydrogen-bond donors (Lipinski definition) is 4. The van der Waals surface area contributed by atoms with Crippen molar-refractivity contribution >= 4 is 51.2 Å². The second-order valence-corrected chi connectivity index (χ2v) is 8.62. The molecule has 0 saturated carbocycles. The van der Waals surface area contributed by atoms with Crippen LogP contribution in [0, 0.1) is 12.7 Å². The van der Waals surface area contributed by atoms with E-state index in [0.29, 0.717) is 32.5 Å². The molecule has 176 valence electrons. The monoisotopic (exact) mass is 488 g/mol. The highest BCUT2D eigenvalue weighted by atomic mass is 32.1. The Hall–Kier alpha value is -4.50. The van der Waals surface area contributed by atoms with E-state index in [1.54, 1.807) is 49.4 Å². The van der Waals surface area contributed by atoms with Gasteiger partial charge in [0.05, 0.1) is 9.88 Å². The molecule has 0 atom stereocenters. The summed E-state index contributed by atoms with van der Waals surface area (Å²) in [4.78, 5) is 37.7. The predicted molar refractivity (Wildman–Crippen MR) is 137 cm³/mol. The Labute approximate surface area is 205 Å². The van der Waals surface area contributed by atoms with Crippen molar-refractivity contribution in [1.29, 1.82) is 0 Å². The third-order valence-electron chi connectivity index (χ3n) is 4.88. The maximum Gasteiger partial charge on any atom is 0.323 e. The van der Waals surface area contributed by atoms with Crippen LogP contribution in [-0.2, 0) is 0 Å². The normalized spacial score (nSPS) is 10.3. The number of halogens is 1. The number of aryl methyl sites for hydroxylation is 1. The highest BCUT2D eigenvalue weighted by Gasteiger charge is 2.16. The van der Waals surface area contributed by atoms with Gasteiger partial charge in [-0.1, -0.05) is 24.3 Å². The minimum Gasteiger partial charge on any atom is -0.321 e. The van der Waals surface area contributed by atoms with E-state index in [-0.39, 0.29) is 17.5 Å². The maximum absolute atomic E-state index is 13.4. The van der Waals surface area contributed by atoms with Gasteiger partial charge < -0.3 is 21.3 Å². The van der Waals surface area contributed by atoms with Crippen molar-refractivity contribution in [3.63, 3.8) is 0 Å². The fourth-order valence-corrected chi connectivity index (χ4v) is 4.19. The molecule has 0 radical (unpaired) electrons. The molecule has 0 unspecified atom stereocenters. The molecule has 0 saturated heterocycles. The van der Waals surface area contributed by atoms with Gasteiger partial charge in [-0.05, 0) is 73.2 Å². The SMILES string of the molecule is Cc1cc(NC(=O)c2cccc(F)c2)sc1C(=O)Nc1ccc(NC(=O)Nc2ccccc2)cc1. The summed E-state index contributed by atoms with van der Waals surface area (Å²) in [7, 11) is 0. The summed E-state index contributed by atoms with van der Waals surface area (Å²) < 4.78 is 13.4. The third kappa shape index (κ3) is 6.30. The van der Waals surface area contributed by atoms with Gasteiger partial charge in [-0.3, -0.25) is 9.59 Å². The molecule has 0 aliphatic carbocycles. The van der Waals surface area contributed by atoms with Crippen LogP contribution < -0.4 is 21.3 Å². The van der Waals surface area contributed by atoms with Crippen molar-refractivity contribution in [1.82, 2.24) is 0 Å². The lowest BCUT2D eigenvalue weighted by Gasteiger charge is -2.09. The summed E-state index contributed by atoms with van der Waals surface area (Å²) >= 11 is 1.12. The van der Waals surface area contributed by atoms with Crippen molar-refractivity contribution in [2.45, 2.75) is 6.92 Å². The Morgan fingerprint density at radius 3 is 1.97 bits per heavy atom. The molecule has 9 heteroatoms. The van der Waals surface area contributed by atoms with Crippen LogP contribution in [0.5, 0.6) is 0 Å². The van der Waals surface area contributed by atoms with Crippen LogP contribution in [-0.4, -0.2) is 17.8 Å². The van der Waals surface area contributed by atoms with Gasteiger partial charge in [0.2, 0.25) is 0 Å². The van der Waals surface area contributed by atoms with Gasteiger partial charge in [0, 0.05) is 22.6 Å². The van der Waals surface area contributed by atoms with E-state index >= 15 is 0 Å². The van der Waals surface area contributed by atoms with Gasteiger partial charge in [-0.25, -0.2) is 9.18 Å². The second kappa shape index (κ2) is 10.6. The van der Waals surface area contributed by atoms with Crippen molar-refractivity contribution in [2.24, 2.45) is 0 Å². The number of anilines is 4. The molecule has 0 bridgehead atoms. The Bertz CT molecular complexity index is 1370. The van der Waals surface area contributed by atoms with Crippen molar-refractivity contribution in [3.8, 4) is 0 Å². The van der Waals surface area contributed by atoms with Crippen molar-refractivity contribution in [3.05, 3.63) is 107 Å². The standard InChI is InChI=1S/C26H21FN4O3S/c1-16-14-22(31-24(32)17-6-5-7-18(27)15-17)35-23(16)25(33)28-20-10-12-21(13-11-20)30-26(34)29-19-8-3-2-4-9-19/h2-15H,1H3,(H,28,33)(H,31,32)(H2,29,30,34). The Morgan fingerprint density at radius 2 is 1.31 bits per heavy atom. The van der Waals surface area contributed by atoms with Gasteiger partial charge in [0.1, 0.15) is 5.82 Å². The zero-order chi connectivity index (χ0) is 24.8. The van der Waals surface area contributed by atoms with E-state index in [1.165, 1.54) is 18.2 Å². The van der Waals surface area contributed by atoms with Crippen LogP contribution >= 0.6 is 11.3 Å². The molecule has 7 nitrogen and oxygen atoms in total. The van der Waals surface area contributed by atoms with Gasteiger partial charge >= 0.3 is 6.03 Å². The van der Waals surface area contributed by atoms with Gasteiger partial charge in [-0.2, -0.15) is 0 Å². The second-order valence-electron chi connectivity index (χ2n) is 7.56. The fourth-order valence-electron chi connectivity index (χ4n) is 3.22. The lowest BCUT2D eigenvalue weighted by Crippen LogP contribution is -2.19. The summed E-state index contributed by atoms with van der Waals surface area (Å²) in [5.41, 5.74) is 2.66. The van der Waals surface area contributed by atoms with Gasteiger partial charge in [0.25, 0.3) is 11.8 Å².